The number of hydrogen-bond acceptors (Lipinski definition) is 3. The molecule has 14 heavy (non-hydrogen) atoms. The Morgan fingerprint density at radius 2 is 2.07 bits per heavy atom. The second kappa shape index (κ2) is 4.98. The second-order valence-corrected chi connectivity index (χ2v) is 3.21. The normalized spacial score (nSPS) is 12.6. The van der Waals surface area contributed by atoms with Gasteiger partial charge in [0.15, 0.2) is 0 Å². The summed E-state index contributed by atoms with van der Waals surface area (Å²) in [6.07, 6.45) is -0.0921. The molecule has 0 heterocycles. The van der Waals surface area contributed by atoms with Crippen LogP contribution in [0.2, 0.25) is 0 Å². The molecule has 78 valence electrons. The summed E-state index contributed by atoms with van der Waals surface area (Å²) in [5.41, 5.74) is 7.76. The highest BCUT2D eigenvalue weighted by molar-refractivity contribution is 5.38. The first-order valence-electron chi connectivity index (χ1n) is 4.60. The van der Waals surface area contributed by atoms with E-state index < -0.39 is 0 Å². The fraction of sp³-hybridized carbons (Fsp3) is 0.455. The van der Waals surface area contributed by atoms with E-state index in [1.54, 1.807) is 14.2 Å². The Kier molecular flexibility index (Phi) is 3.92. The average molecular weight is 195 g/mol. The van der Waals surface area contributed by atoms with Crippen LogP contribution in [0.3, 0.4) is 0 Å². The molecule has 0 aromatic heterocycles. The van der Waals surface area contributed by atoms with Crippen LogP contribution < -0.4 is 10.5 Å². The molecule has 0 saturated heterocycles. The molecule has 0 fully saturated rings. The van der Waals surface area contributed by atoms with E-state index in [-0.39, 0.29) is 6.10 Å². The SMILES string of the molecule is COc1cc(C)ccc1C(CN)OC. The molecule has 1 unspecified atom stereocenters. The molecular formula is C11H17NO2. The van der Waals surface area contributed by atoms with E-state index in [4.69, 9.17) is 15.2 Å². The van der Waals surface area contributed by atoms with Gasteiger partial charge in [-0.2, -0.15) is 0 Å². The van der Waals surface area contributed by atoms with Crippen LogP contribution in [0.4, 0.5) is 0 Å². The van der Waals surface area contributed by atoms with Gasteiger partial charge in [-0.05, 0) is 18.6 Å². The number of ether oxygens (including phenoxy) is 2. The number of aryl methyl sites for hydroxylation is 1. The molecular weight excluding hydrogens is 178 g/mol. The lowest BCUT2D eigenvalue weighted by molar-refractivity contribution is 0.108. The van der Waals surface area contributed by atoms with E-state index in [0.29, 0.717) is 6.54 Å². The maximum absolute atomic E-state index is 5.60. The number of hydrogen-bond donors (Lipinski definition) is 1. The summed E-state index contributed by atoms with van der Waals surface area (Å²) >= 11 is 0. The minimum absolute atomic E-state index is 0.0921. The smallest absolute Gasteiger partial charge is 0.124 e. The van der Waals surface area contributed by atoms with E-state index in [1.165, 1.54) is 0 Å². The van der Waals surface area contributed by atoms with Crippen LogP contribution in [0.15, 0.2) is 18.2 Å². The van der Waals surface area contributed by atoms with Gasteiger partial charge in [-0.25, -0.2) is 0 Å². The standard InChI is InChI=1S/C11H17NO2/c1-8-4-5-9(10(6-8)13-2)11(7-12)14-3/h4-6,11H,7,12H2,1-3H3. The van der Waals surface area contributed by atoms with Crippen molar-refractivity contribution in [3.05, 3.63) is 29.3 Å². The van der Waals surface area contributed by atoms with Gasteiger partial charge >= 0.3 is 0 Å². The van der Waals surface area contributed by atoms with Crippen molar-refractivity contribution in [1.29, 1.82) is 0 Å². The van der Waals surface area contributed by atoms with Gasteiger partial charge in [0.2, 0.25) is 0 Å². The third kappa shape index (κ3) is 2.25. The minimum Gasteiger partial charge on any atom is -0.496 e. The lowest BCUT2D eigenvalue weighted by atomic mass is 10.1. The zero-order valence-electron chi connectivity index (χ0n) is 8.91. The molecule has 1 rings (SSSR count). The highest BCUT2D eigenvalue weighted by Crippen LogP contribution is 2.27. The third-order valence-electron chi connectivity index (χ3n) is 2.23. The molecule has 0 saturated carbocycles. The molecule has 2 N–H and O–H groups in total. The van der Waals surface area contributed by atoms with Crippen LogP contribution in [0.5, 0.6) is 5.75 Å². The van der Waals surface area contributed by atoms with Crippen molar-refractivity contribution in [3.63, 3.8) is 0 Å². The quantitative estimate of drug-likeness (QED) is 0.794. The van der Waals surface area contributed by atoms with E-state index in [9.17, 15) is 0 Å². The van der Waals surface area contributed by atoms with Gasteiger partial charge in [0.1, 0.15) is 5.75 Å². The van der Waals surface area contributed by atoms with E-state index in [2.05, 4.69) is 0 Å². The second-order valence-electron chi connectivity index (χ2n) is 3.21. The Morgan fingerprint density at radius 1 is 1.36 bits per heavy atom. The largest absolute Gasteiger partial charge is 0.496 e. The average Bonchev–Trinajstić information content (AvgIpc) is 2.21. The summed E-state index contributed by atoms with van der Waals surface area (Å²) in [7, 11) is 3.30. The molecule has 1 aromatic rings. The molecule has 1 aromatic carbocycles. The van der Waals surface area contributed by atoms with Crippen LogP contribution in [0.25, 0.3) is 0 Å². The van der Waals surface area contributed by atoms with E-state index >= 15 is 0 Å². The van der Waals surface area contributed by atoms with Gasteiger partial charge in [-0.3, -0.25) is 0 Å². The van der Waals surface area contributed by atoms with Crippen LogP contribution in [0, 0.1) is 6.92 Å². The Hall–Kier alpha value is -1.06. The first-order chi connectivity index (χ1) is 6.72. The maximum Gasteiger partial charge on any atom is 0.124 e. The highest BCUT2D eigenvalue weighted by atomic mass is 16.5. The van der Waals surface area contributed by atoms with Gasteiger partial charge in [0, 0.05) is 19.2 Å². The molecule has 0 aliphatic carbocycles. The topological polar surface area (TPSA) is 44.5 Å². The van der Waals surface area contributed by atoms with Crippen molar-refractivity contribution in [2.75, 3.05) is 20.8 Å². The number of methoxy groups -OCH3 is 2. The Labute approximate surface area is 84.8 Å². The van der Waals surface area contributed by atoms with Crippen molar-refractivity contribution in [3.8, 4) is 5.75 Å². The van der Waals surface area contributed by atoms with Gasteiger partial charge in [-0.15, -0.1) is 0 Å². The zero-order valence-corrected chi connectivity index (χ0v) is 8.91. The molecule has 0 amide bonds. The van der Waals surface area contributed by atoms with Gasteiger partial charge in [0.25, 0.3) is 0 Å². The van der Waals surface area contributed by atoms with Crippen molar-refractivity contribution in [1.82, 2.24) is 0 Å². The van der Waals surface area contributed by atoms with E-state index in [0.717, 1.165) is 16.9 Å². The van der Waals surface area contributed by atoms with Crippen LogP contribution >= 0.6 is 0 Å². The fourth-order valence-electron chi connectivity index (χ4n) is 1.43. The first-order valence-corrected chi connectivity index (χ1v) is 4.60. The monoisotopic (exact) mass is 195 g/mol. The summed E-state index contributed by atoms with van der Waals surface area (Å²) in [4.78, 5) is 0. The molecule has 1 atom stereocenters. The predicted molar refractivity (Wildman–Crippen MR) is 56.5 cm³/mol. The Balaban J connectivity index is 3.06. The van der Waals surface area contributed by atoms with Crippen molar-refractivity contribution in [2.24, 2.45) is 5.73 Å². The molecule has 0 radical (unpaired) electrons. The van der Waals surface area contributed by atoms with E-state index in [1.807, 2.05) is 25.1 Å². The van der Waals surface area contributed by atoms with Crippen LogP contribution in [-0.2, 0) is 4.74 Å². The predicted octanol–water partition coefficient (Wildman–Crippen LogP) is 1.65. The molecule has 0 aliphatic heterocycles. The molecule has 0 bridgehead atoms. The Morgan fingerprint density at radius 3 is 2.57 bits per heavy atom. The summed E-state index contributed by atoms with van der Waals surface area (Å²) in [5, 5.41) is 0. The lowest BCUT2D eigenvalue weighted by Gasteiger charge is -2.17. The van der Waals surface area contributed by atoms with Crippen LogP contribution in [0.1, 0.15) is 17.2 Å². The summed E-state index contributed by atoms with van der Waals surface area (Å²) in [6.45, 7) is 2.48. The van der Waals surface area contributed by atoms with Crippen molar-refractivity contribution >= 4 is 0 Å². The summed E-state index contributed by atoms with van der Waals surface area (Å²) < 4.78 is 10.5. The van der Waals surface area contributed by atoms with Gasteiger partial charge < -0.3 is 15.2 Å². The third-order valence-corrected chi connectivity index (χ3v) is 2.23. The summed E-state index contributed by atoms with van der Waals surface area (Å²) in [5.74, 6) is 0.835. The molecule has 0 spiro atoms. The fourth-order valence-corrected chi connectivity index (χ4v) is 1.43. The van der Waals surface area contributed by atoms with Crippen molar-refractivity contribution in [2.45, 2.75) is 13.0 Å². The Bertz CT molecular complexity index is 295. The van der Waals surface area contributed by atoms with Crippen LogP contribution in [-0.4, -0.2) is 20.8 Å². The van der Waals surface area contributed by atoms with Crippen molar-refractivity contribution < 1.29 is 9.47 Å². The number of benzene rings is 1. The number of nitrogens with two attached hydrogens (primary N) is 1. The first kappa shape index (κ1) is 11.0. The maximum atomic E-state index is 5.60. The molecule has 3 heteroatoms. The lowest BCUT2D eigenvalue weighted by Crippen LogP contribution is -2.15. The highest BCUT2D eigenvalue weighted by Gasteiger charge is 2.13. The molecule has 3 nitrogen and oxygen atoms in total. The zero-order chi connectivity index (χ0) is 10.6. The molecule has 0 aliphatic rings. The summed E-state index contributed by atoms with van der Waals surface area (Å²) in [6, 6.07) is 6.01. The van der Waals surface area contributed by atoms with Gasteiger partial charge in [-0.1, -0.05) is 12.1 Å². The number of rotatable bonds is 4. The minimum atomic E-state index is -0.0921. The van der Waals surface area contributed by atoms with Gasteiger partial charge in [0.05, 0.1) is 13.2 Å².